The van der Waals surface area contributed by atoms with Crippen LogP contribution in [0.5, 0.6) is 0 Å². The maximum absolute atomic E-state index is 2.84. The Hall–Kier alpha value is 0. The second-order valence-corrected chi connectivity index (χ2v) is 14.6. The third-order valence-corrected chi connectivity index (χ3v) is 13.9. The smallest absolute Gasteiger partial charge is 0.0182 e. The Kier molecular flexibility index (Phi) is 12.0. The Bertz CT molecular complexity index is 620. The molecule has 12 atom stereocenters. The zero-order valence-corrected chi connectivity index (χ0v) is 27.5. The highest BCUT2D eigenvalue weighted by molar-refractivity contribution is 5.14. The lowest BCUT2D eigenvalue weighted by atomic mass is 9.40. The van der Waals surface area contributed by atoms with Gasteiger partial charge in [-0.15, -0.1) is 0 Å². The van der Waals surface area contributed by atoms with Crippen molar-refractivity contribution in [3.8, 4) is 0 Å². The van der Waals surface area contributed by atoms with Crippen LogP contribution in [-0.2, 0) is 0 Å². The van der Waals surface area contributed by atoms with Gasteiger partial charge in [0.2, 0.25) is 0 Å². The summed E-state index contributed by atoms with van der Waals surface area (Å²) < 4.78 is 0. The molecule has 0 heteroatoms. The molecule has 0 heterocycles. The molecule has 0 N–H and O–H groups in total. The molecular formula is C35H70. The second-order valence-electron chi connectivity index (χ2n) is 14.6. The number of hydrogen-bond acceptors (Lipinski definition) is 0. The van der Waals surface area contributed by atoms with Crippen LogP contribution < -0.4 is 0 Å². The Morgan fingerprint density at radius 1 is 0.657 bits per heavy atom. The SMILES string of the molecule is CCCC(C(C)C(C)C)C1(C)C(C)C(C)C(C)(C(C)CC)C(C)C(C)C1(CCC)C(C)C(C)CC. The van der Waals surface area contributed by atoms with Crippen LogP contribution in [0.3, 0.4) is 0 Å². The van der Waals surface area contributed by atoms with Crippen LogP contribution in [0.1, 0.15) is 149 Å². The van der Waals surface area contributed by atoms with Crippen LogP contribution in [-0.4, -0.2) is 0 Å². The fourth-order valence-corrected chi connectivity index (χ4v) is 10.2. The van der Waals surface area contributed by atoms with E-state index in [-0.39, 0.29) is 0 Å². The van der Waals surface area contributed by atoms with E-state index in [0.29, 0.717) is 22.2 Å². The summed E-state index contributed by atoms with van der Waals surface area (Å²) in [5, 5.41) is 0. The van der Waals surface area contributed by atoms with Gasteiger partial charge in [0.05, 0.1) is 0 Å². The Labute approximate surface area is 224 Å². The number of hydrogen-bond donors (Lipinski definition) is 0. The molecule has 210 valence electrons. The summed E-state index contributed by atoms with van der Waals surface area (Å²) in [6.07, 6.45) is 7.98. The average Bonchev–Trinajstić information content (AvgIpc) is 2.87. The van der Waals surface area contributed by atoms with E-state index in [2.05, 4.69) is 111 Å². The van der Waals surface area contributed by atoms with E-state index >= 15 is 0 Å². The molecule has 0 aromatic heterocycles. The minimum atomic E-state index is 0.323. The monoisotopic (exact) mass is 491 g/mol. The minimum Gasteiger partial charge on any atom is -0.0654 e. The first-order chi connectivity index (χ1) is 16.1. The van der Waals surface area contributed by atoms with Gasteiger partial charge in [0, 0.05) is 0 Å². The molecule has 35 heavy (non-hydrogen) atoms. The zero-order chi connectivity index (χ0) is 27.5. The summed E-state index contributed by atoms with van der Waals surface area (Å²) in [6, 6.07) is 0. The fourth-order valence-electron chi connectivity index (χ4n) is 10.2. The Balaban J connectivity index is 4.23. The predicted molar refractivity (Wildman–Crippen MR) is 161 cm³/mol. The van der Waals surface area contributed by atoms with Crippen molar-refractivity contribution in [3.63, 3.8) is 0 Å². The summed E-state index contributed by atoms with van der Waals surface area (Å²) >= 11 is 0. The van der Waals surface area contributed by atoms with Crippen molar-refractivity contribution in [2.75, 3.05) is 0 Å². The van der Waals surface area contributed by atoms with Gasteiger partial charge in [-0.1, -0.05) is 136 Å². The average molecular weight is 491 g/mol. The van der Waals surface area contributed by atoms with Crippen LogP contribution in [0, 0.1) is 75.4 Å². The van der Waals surface area contributed by atoms with Crippen molar-refractivity contribution >= 4 is 0 Å². The van der Waals surface area contributed by atoms with Gasteiger partial charge in [-0.3, -0.25) is 0 Å². The molecule has 0 radical (unpaired) electrons. The molecule has 1 fully saturated rings. The molecule has 1 rings (SSSR count). The van der Waals surface area contributed by atoms with E-state index < -0.39 is 0 Å². The molecule has 0 amide bonds. The highest BCUT2D eigenvalue weighted by atomic mass is 14.7. The second kappa shape index (κ2) is 12.7. The van der Waals surface area contributed by atoms with Gasteiger partial charge in [-0.05, 0) is 88.3 Å². The van der Waals surface area contributed by atoms with Crippen molar-refractivity contribution in [1.82, 2.24) is 0 Å². The molecule has 1 aliphatic carbocycles. The standard InChI is InChI=1S/C35H70/c1-17-21-32(26(9)23(5)6)34(16)30(13)28(11)33(15,25(8)20-4)29(12)31(14)35(34,22-18-2)27(10)24(7)19-3/h23-32H,17-22H2,1-16H3. The van der Waals surface area contributed by atoms with E-state index in [0.717, 1.165) is 53.3 Å². The summed E-state index contributed by atoms with van der Waals surface area (Å²) in [5.41, 5.74) is 1.06. The summed E-state index contributed by atoms with van der Waals surface area (Å²) in [5.74, 6) is 7.41. The summed E-state index contributed by atoms with van der Waals surface area (Å²) in [4.78, 5) is 0. The molecule has 0 aromatic rings. The first-order valence-corrected chi connectivity index (χ1v) is 16.1. The minimum absolute atomic E-state index is 0.323. The quantitative estimate of drug-likeness (QED) is 0.238. The Morgan fingerprint density at radius 2 is 1.17 bits per heavy atom. The lowest BCUT2D eigenvalue weighted by molar-refractivity contribution is -0.163. The normalized spacial score (nSPS) is 40.7. The van der Waals surface area contributed by atoms with Gasteiger partial charge >= 0.3 is 0 Å². The van der Waals surface area contributed by atoms with Crippen LogP contribution in [0.2, 0.25) is 0 Å². The van der Waals surface area contributed by atoms with E-state index in [9.17, 15) is 0 Å². The molecule has 0 spiro atoms. The van der Waals surface area contributed by atoms with Crippen molar-refractivity contribution in [2.24, 2.45) is 75.4 Å². The fraction of sp³-hybridized carbons (Fsp3) is 1.00. The van der Waals surface area contributed by atoms with Gasteiger partial charge in [0.1, 0.15) is 0 Å². The number of rotatable bonds is 12. The molecular weight excluding hydrogens is 420 g/mol. The molecule has 12 unspecified atom stereocenters. The third kappa shape index (κ3) is 5.18. The maximum atomic E-state index is 2.84. The molecule has 0 aliphatic heterocycles. The highest BCUT2D eigenvalue weighted by Crippen LogP contribution is 2.72. The van der Waals surface area contributed by atoms with Crippen molar-refractivity contribution in [3.05, 3.63) is 0 Å². The van der Waals surface area contributed by atoms with E-state index in [4.69, 9.17) is 0 Å². The molecule has 1 aliphatic rings. The third-order valence-electron chi connectivity index (χ3n) is 13.9. The van der Waals surface area contributed by atoms with Crippen LogP contribution in [0.15, 0.2) is 0 Å². The van der Waals surface area contributed by atoms with Crippen molar-refractivity contribution in [2.45, 2.75) is 149 Å². The highest BCUT2D eigenvalue weighted by Gasteiger charge is 2.66. The van der Waals surface area contributed by atoms with Crippen LogP contribution in [0.25, 0.3) is 0 Å². The van der Waals surface area contributed by atoms with Gasteiger partial charge in [0.15, 0.2) is 0 Å². The Morgan fingerprint density at radius 3 is 1.57 bits per heavy atom. The van der Waals surface area contributed by atoms with Gasteiger partial charge in [0.25, 0.3) is 0 Å². The molecule has 1 saturated carbocycles. The van der Waals surface area contributed by atoms with Gasteiger partial charge in [-0.2, -0.15) is 0 Å². The van der Waals surface area contributed by atoms with Gasteiger partial charge in [-0.25, -0.2) is 0 Å². The molecule has 0 nitrogen and oxygen atoms in total. The zero-order valence-electron chi connectivity index (χ0n) is 27.5. The molecule has 0 aromatic carbocycles. The first kappa shape index (κ1) is 33.0. The molecule has 0 saturated heterocycles. The van der Waals surface area contributed by atoms with Crippen LogP contribution in [0.4, 0.5) is 0 Å². The van der Waals surface area contributed by atoms with Crippen molar-refractivity contribution in [1.29, 1.82) is 0 Å². The topological polar surface area (TPSA) is 0 Å². The summed E-state index contributed by atoms with van der Waals surface area (Å²) in [6.45, 7) is 41.6. The molecule has 0 bridgehead atoms. The maximum Gasteiger partial charge on any atom is -0.0182 e. The summed E-state index contributed by atoms with van der Waals surface area (Å²) in [7, 11) is 0. The lowest BCUT2D eigenvalue weighted by Crippen LogP contribution is -2.58. The van der Waals surface area contributed by atoms with E-state index in [1.54, 1.807) is 0 Å². The van der Waals surface area contributed by atoms with E-state index in [1.165, 1.54) is 38.5 Å². The lowest BCUT2D eigenvalue weighted by Gasteiger charge is -2.64. The van der Waals surface area contributed by atoms with E-state index in [1.807, 2.05) is 0 Å². The van der Waals surface area contributed by atoms with Crippen molar-refractivity contribution < 1.29 is 0 Å². The first-order valence-electron chi connectivity index (χ1n) is 16.1. The van der Waals surface area contributed by atoms with Crippen LogP contribution >= 0.6 is 0 Å². The van der Waals surface area contributed by atoms with Gasteiger partial charge < -0.3 is 0 Å². The predicted octanol–water partition coefficient (Wildman–Crippen LogP) is 11.8. The largest absolute Gasteiger partial charge is 0.0654 e.